The summed E-state index contributed by atoms with van der Waals surface area (Å²) < 4.78 is 38.0. The van der Waals surface area contributed by atoms with Gasteiger partial charge in [0, 0.05) is 37.9 Å². The van der Waals surface area contributed by atoms with Crippen molar-refractivity contribution in [2.75, 3.05) is 31.1 Å². The van der Waals surface area contributed by atoms with Crippen LogP contribution in [0.1, 0.15) is 22.3 Å². The first-order chi connectivity index (χ1) is 12.8. The Morgan fingerprint density at radius 2 is 1.78 bits per heavy atom. The number of alkyl halides is 3. The highest BCUT2D eigenvalue weighted by molar-refractivity contribution is 6.42. The number of amides is 1. The van der Waals surface area contributed by atoms with Gasteiger partial charge in [-0.2, -0.15) is 13.2 Å². The minimum Gasteiger partial charge on any atom is -0.355 e. The zero-order chi connectivity index (χ0) is 19.6. The Morgan fingerprint density at radius 1 is 1.00 bits per heavy atom. The molecule has 2 aromatic rings. The number of hydrogen-bond acceptors (Lipinski definition) is 3. The van der Waals surface area contributed by atoms with E-state index in [1.807, 2.05) is 4.90 Å². The standard InChI is InChI=1S/C18H16Cl2F3N3O/c19-14-4-2-12(10-15(14)20)17(27)26-7-1-6-25(8-9-26)16-5-3-13(11-24-16)18(21,22)23/h2-5,10-11H,1,6-9H2. The molecule has 4 nitrogen and oxygen atoms in total. The van der Waals surface area contributed by atoms with E-state index in [0.29, 0.717) is 54.0 Å². The zero-order valence-electron chi connectivity index (χ0n) is 14.1. The van der Waals surface area contributed by atoms with Crippen LogP contribution in [-0.4, -0.2) is 42.0 Å². The molecule has 1 saturated heterocycles. The smallest absolute Gasteiger partial charge is 0.355 e. The van der Waals surface area contributed by atoms with Gasteiger partial charge >= 0.3 is 6.18 Å². The average molecular weight is 418 g/mol. The van der Waals surface area contributed by atoms with Gasteiger partial charge in [0.15, 0.2) is 0 Å². The van der Waals surface area contributed by atoms with Crippen LogP contribution in [0, 0.1) is 0 Å². The molecule has 0 bridgehead atoms. The summed E-state index contributed by atoms with van der Waals surface area (Å²) >= 11 is 11.9. The van der Waals surface area contributed by atoms with Gasteiger partial charge in [-0.25, -0.2) is 4.98 Å². The van der Waals surface area contributed by atoms with Gasteiger partial charge in [-0.05, 0) is 36.8 Å². The Bertz CT molecular complexity index is 828. The molecule has 1 aliphatic rings. The van der Waals surface area contributed by atoms with Gasteiger partial charge in [0.25, 0.3) is 5.91 Å². The third-order valence-corrected chi connectivity index (χ3v) is 5.09. The van der Waals surface area contributed by atoms with E-state index >= 15 is 0 Å². The second kappa shape index (κ2) is 7.94. The lowest BCUT2D eigenvalue weighted by atomic mass is 10.2. The average Bonchev–Trinajstić information content (AvgIpc) is 2.89. The van der Waals surface area contributed by atoms with E-state index in [2.05, 4.69) is 4.98 Å². The van der Waals surface area contributed by atoms with E-state index in [9.17, 15) is 18.0 Å². The summed E-state index contributed by atoms with van der Waals surface area (Å²) in [4.78, 5) is 20.2. The maximum atomic E-state index is 12.7. The summed E-state index contributed by atoms with van der Waals surface area (Å²) in [6.07, 6.45) is -2.90. The van der Waals surface area contributed by atoms with Gasteiger partial charge in [-0.3, -0.25) is 4.79 Å². The molecule has 1 fully saturated rings. The van der Waals surface area contributed by atoms with E-state index in [0.717, 1.165) is 12.3 Å². The van der Waals surface area contributed by atoms with Crippen molar-refractivity contribution in [1.29, 1.82) is 0 Å². The van der Waals surface area contributed by atoms with Crippen molar-refractivity contribution < 1.29 is 18.0 Å². The van der Waals surface area contributed by atoms with E-state index in [1.54, 1.807) is 17.0 Å². The van der Waals surface area contributed by atoms with Crippen molar-refractivity contribution in [3.8, 4) is 0 Å². The van der Waals surface area contributed by atoms with Gasteiger partial charge in [0.2, 0.25) is 0 Å². The van der Waals surface area contributed by atoms with Crippen molar-refractivity contribution in [2.24, 2.45) is 0 Å². The highest BCUT2D eigenvalue weighted by Crippen LogP contribution is 2.29. The molecule has 1 aliphatic heterocycles. The molecule has 1 amide bonds. The first-order valence-electron chi connectivity index (χ1n) is 8.28. The molecule has 27 heavy (non-hydrogen) atoms. The third kappa shape index (κ3) is 4.65. The molecule has 1 aromatic carbocycles. The lowest BCUT2D eigenvalue weighted by Crippen LogP contribution is -2.35. The van der Waals surface area contributed by atoms with Crippen LogP contribution in [-0.2, 0) is 6.18 Å². The Balaban J connectivity index is 1.68. The van der Waals surface area contributed by atoms with Crippen LogP contribution in [0.4, 0.5) is 19.0 Å². The normalized spacial score (nSPS) is 15.6. The van der Waals surface area contributed by atoms with Crippen molar-refractivity contribution in [3.05, 3.63) is 57.7 Å². The second-order valence-corrected chi connectivity index (χ2v) is 6.98. The van der Waals surface area contributed by atoms with E-state index in [1.165, 1.54) is 12.1 Å². The minimum atomic E-state index is -4.41. The molecule has 0 aliphatic carbocycles. The minimum absolute atomic E-state index is 0.157. The second-order valence-electron chi connectivity index (χ2n) is 6.16. The summed E-state index contributed by atoms with van der Waals surface area (Å²) in [5.74, 6) is 0.308. The number of pyridine rings is 1. The fourth-order valence-corrected chi connectivity index (χ4v) is 3.20. The number of benzene rings is 1. The van der Waals surface area contributed by atoms with Crippen LogP contribution >= 0.6 is 23.2 Å². The van der Waals surface area contributed by atoms with E-state index in [-0.39, 0.29) is 5.91 Å². The lowest BCUT2D eigenvalue weighted by Gasteiger charge is -2.23. The topological polar surface area (TPSA) is 36.4 Å². The fourth-order valence-electron chi connectivity index (χ4n) is 2.90. The Labute approximate surface area is 164 Å². The number of hydrogen-bond donors (Lipinski definition) is 0. The number of halogens is 5. The van der Waals surface area contributed by atoms with Gasteiger partial charge in [0.05, 0.1) is 15.6 Å². The van der Waals surface area contributed by atoms with Gasteiger partial charge in [-0.1, -0.05) is 23.2 Å². The predicted molar refractivity (Wildman–Crippen MR) is 98.4 cm³/mol. The molecule has 0 N–H and O–H groups in total. The summed E-state index contributed by atoms with van der Waals surface area (Å²) in [6, 6.07) is 7.11. The summed E-state index contributed by atoms with van der Waals surface area (Å²) in [7, 11) is 0. The number of nitrogens with zero attached hydrogens (tertiary/aromatic N) is 3. The third-order valence-electron chi connectivity index (χ3n) is 4.35. The summed E-state index contributed by atoms with van der Waals surface area (Å²) in [5.41, 5.74) is -0.331. The van der Waals surface area contributed by atoms with Gasteiger partial charge in [0.1, 0.15) is 5.82 Å². The first-order valence-corrected chi connectivity index (χ1v) is 9.04. The highest BCUT2D eigenvalue weighted by Gasteiger charge is 2.31. The Morgan fingerprint density at radius 3 is 2.41 bits per heavy atom. The molecule has 3 rings (SSSR count). The molecule has 2 heterocycles. The number of rotatable bonds is 2. The van der Waals surface area contributed by atoms with Crippen molar-refractivity contribution >= 4 is 34.9 Å². The van der Waals surface area contributed by atoms with Crippen LogP contribution in [0.25, 0.3) is 0 Å². The summed E-state index contributed by atoms with van der Waals surface area (Å²) in [5, 5.41) is 0.691. The first kappa shape index (κ1) is 19.8. The molecule has 0 unspecified atom stereocenters. The van der Waals surface area contributed by atoms with Crippen LogP contribution in [0.3, 0.4) is 0 Å². The molecule has 1 aromatic heterocycles. The van der Waals surface area contributed by atoms with Crippen LogP contribution in [0.2, 0.25) is 10.0 Å². The Kier molecular flexibility index (Phi) is 5.81. The van der Waals surface area contributed by atoms with E-state index < -0.39 is 11.7 Å². The molecular weight excluding hydrogens is 402 g/mol. The van der Waals surface area contributed by atoms with Crippen molar-refractivity contribution in [1.82, 2.24) is 9.88 Å². The molecular formula is C18H16Cl2F3N3O. The Hall–Kier alpha value is -1.99. The number of carbonyl (C=O) groups excluding carboxylic acids is 1. The molecule has 0 spiro atoms. The van der Waals surface area contributed by atoms with Crippen molar-refractivity contribution in [2.45, 2.75) is 12.6 Å². The van der Waals surface area contributed by atoms with Gasteiger partial charge < -0.3 is 9.80 Å². The predicted octanol–water partition coefficient (Wildman–Crippen LogP) is 4.76. The number of carbonyl (C=O) groups is 1. The van der Waals surface area contributed by atoms with E-state index in [4.69, 9.17) is 23.2 Å². The molecule has 144 valence electrons. The SMILES string of the molecule is O=C(c1ccc(Cl)c(Cl)c1)N1CCCN(c2ccc(C(F)(F)F)cn2)CC1. The molecule has 0 saturated carbocycles. The van der Waals surface area contributed by atoms with Crippen molar-refractivity contribution in [3.63, 3.8) is 0 Å². The number of aromatic nitrogens is 1. The zero-order valence-corrected chi connectivity index (χ0v) is 15.7. The number of anilines is 1. The quantitative estimate of drug-likeness (QED) is 0.706. The molecule has 0 atom stereocenters. The monoisotopic (exact) mass is 417 g/mol. The van der Waals surface area contributed by atoms with Crippen LogP contribution < -0.4 is 4.90 Å². The van der Waals surface area contributed by atoms with Crippen LogP contribution in [0.15, 0.2) is 36.5 Å². The maximum Gasteiger partial charge on any atom is 0.417 e. The maximum absolute atomic E-state index is 12.7. The van der Waals surface area contributed by atoms with Crippen LogP contribution in [0.5, 0.6) is 0 Å². The summed E-state index contributed by atoms with van der Waals surface area (Å²) in [6.45, 7) is 2.05. The highest BCUT2D eigenvalue weighted by atomic mass is 35.5. The lowest BCUT2D eigenvalue weighted by molar-refractivity contribution is -0.137. The fraction of sp³-hybridized carbons (Fsp3) is 0.333. The van der Waals surface area contributed by atoms with Gasteiger partial charge in [-0.15, -0.1) is 0 Å². The molecule has 0 radical (unpaired) electrons. The molecule has 9 heteroatoms. The largest absolute Gasteiger partial charge is 0.417 e.